The lowest BCUT2D eigenvalue weighted by molar-refractivity contribution is 0.199. The van der Waals surface area contributed by atoms with Gasteiger partial charge in [-0.05, 0) is 47.8 Å². The highest BCUT2D eigenvalue weighted by Gasteiger charge is 2.37. The molecule has 5 nitrogen and oxygen atoms in total. The molecule has 0 fully saturated rings. The van der Waals surface area contributed by atoms with Crippen LogP contribution in [0, 0.1) is 11.8 Å². The van der Waals surface area contributed by atoms with Crippen LogP contribution in [0.15, 0.2) is 35.8 Å². The third-order valence-electron chi connectivity index (χ3n) is 4.76. The lowest BCUT2D eigenvalue weighted by Gasteiger charge is -2.38. The van der Waals surface area contributed by atoms with Crippen LogP contribution in [0.1, 0.15) is 17.2 Å². The van der Waals surface area contributed by atoms with E-state index in [1.807, 2.05) is 12.1 Å². The maximum atomic E-state index is 6.55. The predicted octanol–water partition coefficient (Wildman–Crippen LogP) is 2.57. The molecule has 0 aliphatic heterocycles. The van der Waals surface area contributed by atoms with Gasteiger partial charge in [-0.2, -0.15) is 0 Å². The quantitative estimate of drug-likeness (QED) is 0.925. The monoisotopic (exact) mass is 317 g/mol. The third-order valence-corrected chi connectivity index (χ3v) is 4.76. The van der Waals surface area contributed by atoms with E-state index in [2.05, 4.69) is 12.2 Å². The van der Waals surface area contributed by atoms with Crippen molar-refractivity contribution in [2.75, 3.05) is 28.4 Å². The van der Waals surface area contributed by atoms with Crippen molar-refractivity contribution >= 4 is 0 Å². The Morgan fingerprint density at radius 1 is 0.870 bits per heavy atom. The fraction of sp³-hybridized carbons (Fsp3) is 0.444. The first-order chi connectivity index (χ1) is 11.1. The van der Waals surface area contributed by atoms with Crippen LogP contribution >= 0.6 is 0 Å². The molecule has 1 aromatic rings. The average molecular weight is 317 g/mol. The van der Waals surface area contributed by atoms with E-state index in [1.54, 1.807) is 28.4 Å². The Morgan fingerprint density at radius 2 is 1.48 bits per heavy atom. The smallest absolute Gasteiger partial charge is 0.161 e. The molecule has 0 radical (unpaired) electrons. The largest absolute Gasteiger partial charge is 0.493 e. The van der Waals surface area contributed by atoms with Gasteiger partial charge in [0.2, 0.25) is 0 Å². The highest BCUT2D eigenvalue weighted by molar-refractivity contribution is 5.51. The highest BCUT2D eigenvalue weighted by Crippen LogP contribution is 2.45. The summed E-state index contributed by atoms with van der Waals surface area (Å²) in [6, 6.07) is 3.90. The molecule has 1 aromatic carbocycles. The molecule has 124 valence electrons. The zero-order valence-electron chi connectivity index (χ0n) is 14.0. The molecule has 3 unspecified atom stereocenters. The summed E-state index contributed by atoms with van der Waals surface area (Å²) in [5, 5.41) is 0. The van der Waals surface area contributed by atoms with E-state index in [1.165, 1.54) is 5.56 Å². The van der Waals surface area contributed by atoms with E-state index in [4.69, 9.17) is 24.7 Å². The van der Waals surface area contributed by atoms with E-state index < -0.39 is 0 Å². The second-order valence-electron chi connectivity index (χ2n) is 5.85. The lowest BCUT2D eigenvalue weighted by atomic mass is 9.70. The van der Waals surface area contributed by atoms with Crippen LogP contribution in [0.25, 0.3) is 0 Å². The Labute approximate surface area is 136 Å². The van der Waals surface area contributed by atoms with E-state index in [0.717, 1.165) is 29.3 Å². The summed E-state index contributed by atoms with van der Waals surface area (Å²) in [6.07, 6.45) is 5.07. The van der Waals surface area contributed by atoms with Gasteiger partial charge < -0.3 is 24.7 Å². The maximum absolute atomic E-state index is 6.55. The van der Waals surface area contributed by atoms with Gasteiger partial charge in [0, 0.05) is 12.0 Å². The first kappa shape index (κ1) is 15.7. The SMILES string of the molecule is COC1=CC2Cc3cc(OC)c(OC)cc3C(N)C2C=C1OC. The van der Waals surface area contributed by atoms with Crippen LogP contribution in [0.2, 0.25) is 0 Å². The number of methoxy groups -OCH3 is 4. The van der Waals surface area contributed by atoms with E-state index >= 15 is 0 Å². The number of rotatable bonds is 4. The molecule has 2 N–H and O–H groups in total. The summed E-state index contributed by atoms with van der Waals surface area (Å²) < 4.78 is 21.7. The Hall–Kier alpha value is -2.14. The van der Waals surface area contributed by atoms with Crippen LogP contribution in [0.4, 0.5) is 0 Å². The number of ether oxygens (including phenoxy) is 4. The van der Waals surface area contributed by atoms with Gasteiger partial charge in [0.15, 0.2) is 23.0 Å². The van der Waals surface area contributed by atoms with Crippen LogP contribution in [0.5, 0.6) is 11.5 Å². The summed E-state index contributed by atoms with van der Waals surface area (Å²) in [5.41, 5.74) is 8.85. The first-order valence-corrected chi connectivity index (χ1v) is 7.65. The van der Waals surface area contributed by atoms with E-state index in [0.29, 0.717) is 5.75 Å². The van der Waals surface area contributed by atoms with Crippen molar-refractivity contribution in [1.29, 1.82) is 0 Å². The topological polar surface area (TPSA) is 62.9 Å². The summed E-state index contributed by atoms with van der Waals surface area (Å²) in [7, 11) is 6.59. The van der Waals surface area contributed by atoms with Crippen molar-refractivity contribution in [2.45, 2.75) is 12.5 Å². The molecule has 0 aromatic heterocycles. The highest BCUT2D eigenvalue weighted by atomic mass is 16.5. The van der Waals surface area contributed by atoms with Gasteiger partial charge in [0.1, 0.15) is 0 Å². The van der Waals surface area contributed by atoms with Gasteiger partial charge in [-0.15, -0.1) is 0 Å². The predicted molar refractivity (Wildman–Crippen MR) is 87.3 cm³/mol. The Balaban J connectivity index is 2.05. The van der Waals surface area contributed by atoms with Crippen LogP contribution < -0.4 is 15.2 Å². The summed E-state index contributed by atoms with van der Waals surface area (Å²) >= 11 is 0. The Morgan fingerprint density at radius 3 is 2.09 bits per heavy atom. The third kappa shape index (κ3) is 2.55. The van der Waals surface area contributed by atoms with Gasteiger partial charge in [0.05, 0.1) is 28.4 Å². The van der Waals surface area contributed by atoms with Crippen molar-refractivity contribution in [3.8, 4) is 11.5 Å². The van der Waals surface area contributed by atoms with E-state index in [-0.39, 0.29) is 17.9 Å². The van der Waals surface area contributed by atoms with Crippen molar-refractivity contribution < 1.29 is 18.9 Å². The number of hydrogen-bond acceptors (Lipinski definition) is 5. The van der Waals surface area contributed by atoms with Gasteiger partial charge >= 0.3 is 0 Å². The van der Waals surface area contributed by atoms with Gasteiger partial charge in [-0.3, -0.25) is 0 Å². The minimum absolute atomic E-state index is 0.122. The molecule has 0 saturated carbocycles. The van der Waals surface area contributed by atoms with Crippen LogP contribution in [-0.4, -0.2) is 28.4 Å². The van der Waals surface area contributed by atoms with Gasteiger partial charge in [0.25, 0.3) is 0 Å². The number of benzene rings is 1. The van der Waals surface area contributed by atoms with Crippen LogP contribution in [-0.2, 0) is 15.9 Å². The molecule has 0 bridgehead atoms. The molecule has 0 saturated heterocycles. The summed E-state index contributed by atoms with van der Waals surface area (Å²) in [6.45, 7) is 0. The molecule has 3 atom stereocenters. The molecule has 23 heavy (non-hydrogen) atoms. The Bertz CT molecular complexity index is 665. The second-order valence-corrected chi connectivity index (χ2v) is 5.85. The van der Waals surface area contributed by atoms with Crippen molar-refractivity contribution in [1.82, 2.24) is 0 Å². The minimum Gasteiger partial charge on any atom is -0.493 e. The molecular weight excluding hydrogens is 294 g/mol. The first-order valence-electron chi connectivity index (χ1n) is 7.65. The molecule has 3 rings (SSSR count). The fourth-order valence-corrected chi connectivity index (χ4v) is 3.56. The number of nitrogens with two attached hydrogens (primary N) is 1. The zero-order chi connectivity index (χ0) is 16.6. The van der Waals surface area contributed by atoms with Gasteiger partial charge in [-0.25, -0.2) is 0 Å². The molecule has 0 amide bonds. The molecule has 2 aliphatic carbocycles. The fourth-order valence-electron chi connectivity index (χ4n) is 3.56. The molecule has 0 heterocycles. The molecule has 5 heteroatoms. The molecule has 2 aliphatic rings. The van der Waals surface area contributed by atoms with Gasteiger partial charge in [-0.1, -0.05) is 0 Å². The van der Waals surface area contributed by atoms with Crippen molar-refractivity contribution in [2.24, 2.45) is 17.6 Å². The zero-order valence-corrected chi connectivity index (χ0v) is 14.0. The standard InChI is InChI=1S/C18H23NO4/c1-20-14-6-10-5-11-7-15(21-2)17(23-4)9-13(11)18(19)12(10)8-16(14)22-3/h6-10,12,18H,5,19H2,1-4H3. The lowest BCUT2D eigenvalue weighted by Crippen LogP contribution is -2.34. The van der Waals surface area contributed by atoms with Crippen LogP contribution in [0.3, 0.4) is 0 Å². The van der Waals surface area contributed by atoms with Crippen molar-refractivity contribution in [3.63, 3.8) is 0 Å². The summed E-state index contributed by atoms with van der Waals surface area (Å²) in [4.78, 5) is 0. The number of hydrogen-bond donors (Lipinski definition) is 1. The van der Waals surface area contributed by atoms with E-state index in [9.17, 15) is 0 Å². The Kier molecular flexibility index (Phi) is 4.22. The summed E-state index contributed by atoms with van der Waals surface area (Å²) in [5.74, 6) is 3.41. The second kappa shape index (κ2) is 6.16. The van der Waals surface area contributed by atoms with Crippen molar-refractivity contribution in [3.05, 3.63) is 46.9 Å². The average Bonchev–Trinajstić information content (AvgIpc) is 2.59. The number of allylic oxidation sites excluding steroid dienone is 1. The maximum Gasteiger partial charge on any atom is 0.161 e. The molecular formula is C18H23NO4. The number of fused-ring (bicyclic) bond motifs is 2. The normalized spacial score (nSPS) is 25.5. The minimum atomic E-state index is -0.122. The molecule has 0 spiro atoms.